The highest BCUT2D eigenvalue weighted by atomic mass is 16.5. The summed E-state index contributed by atoms with van der Waals surface area (Å²) in [7, 11) is 0. The Hall–Kier alpha value is -1.08. The molecular weight excluding hydrogens is 240 g/mol. The molecule has 0 aromatic heterocycles. The molecule has 4 nitrogen and oxygen atoms in total. The van der Waals surface area contributed by atoms with Crippen LogP contribution in [0.15, 0.2) is 0 Å². The summed E-state index contributed by atoms with van der Waals surface area (Å²) in [5, 5.41) is 9.45. The second-order valence-electron chi connectivity index (χ2n) is 7.18. The van der Waals surface area contributed by atoms with Crippen LogP contribution < -0.4 is 0 Å². The van der Waals surface area contributed by atoms with Gasteiger partial charge in [0.25, 0.3) is 0 Å². The predicted molar refractivity (Wildman–Crippen MR) is 72.3 cm³/mol. The minimum Gasteiger partial charge on any atom is -0.366 e. The molecule has 0 spiro atoms. The number of hydrogen-bond donors (Lipinski definition) is 0. The van der Waals surface area contributed by atoms with E-state index >= 15 is 0 Å². The van der Waals surface area contributed by atoms with Crippen molar-refractivity contribution in [3.05, 3.63) is 0 Å². The minimum atomic E-state index is -0.774. The molecule has 0 aromatic rings. The molecule has 1 aliphatic carbocycles. The van der Waals surface area contributed by atoms with E-state index in [-0.39, 0.29) is 17.1 Å². The lowest BCUT2D eigenvalue weighted by Crippen LogP contribution is -2.60. The van der Waals surface area contributed by atoms with Crippen molar-refractivity contribution < 1.29 is 9.53 Å². The molecule has 1 saturated carbocycles. The maximum absolute atomic E-state index is 12.8. The summed E-state index contributed by atoms with van der Waals surface area (Å²) in [6, 6.07) is 2.30. The molecule has 2 rings (SSSR count). The molecule has 2 aliphatic rings. The highest BCUT2D eigenvalue weighted by molar-refractivity contribution is 5.86. The average Bonchev–Trinajstić information content (AvgIpc) is 2.73. The Bertz CT molecular complexity index is 398. The van der Waals surface area contributed by atoms with Crippen LogP contribution in [0, 0.1) is 16.7 Å². The molecule has 19 heavy (non-hydrogen) atoms. The quantitative estimate of drug-likeness (QED) is 0.731. The van der Waals surface area contributed by atoms with Crippen molar-refractivity contribution in [2.75, 3.05) is 13.1 Å². The zero-order valence-electron chi connectivity index (χ0n) is 12.5. The first kappa shape index (κ1) is 14.3. The monoisotopic (exact) mass is 264 g/mol. The Kier molecular flexibility index (Phi) is 3.38. The number of hydrogen-bond acceptors (Lipinski definition) is 3. The third-order valence-corrected chi connectivity index (χ3v) is 4.06. The van der Waals surface area contributed by atoms with Crippen molar-refractivity contribution >= 4 is 5.91 Å². The van der Waals surface area contributed by atoms with Crippen molar-refractivity contribution in [2.45, 2.75) is 64.6 Å². The topological polar surface area (TPSA) is 53.3 Å². The van der Waals surface area contributed by atoms with Crippen molar-refractivity contribution in [3.8, 4) is 6.07 Å². The first-order valence-corrected chi connectivity index (χ1v) is 7.11. The number of nitriles is 1. The van der Waals surface area contributed by atoms with E-state index in [1.807, 2.05) is 32.6 Å². The summed E-state index contributed by atoms with van der Waals surface area (Å²) in [5.41, 5.74) is -1.48. The molecule has 1 heterocycles. The van der Waals surface area contributed by atoms with Gasteiger partial charge in [-0.1, -0.05) is 12.8 Å². The lowest BCUT2D eigenvalue weighted by atomic mass is 9.85. The Morgan fingerprint density at radius 1 is 1.11 bits per heavy atom. The number of rotatable bonds is 1. The van der Waals surface area contributed by atoms with Crippen LogP contribution in [-0.4, -0.2) is 35.1 Å². The summed E-state index contributed by atoms with van der Waals surface area (Å²) in [5.74, 6) is 0.0111. The van der Waals surface area contributed by atoms with E-state index in [1.54, 1.807) is 0 Å². The fourth-order valence-corrected chi connectivity index (χ4v) is 3.59. The zero-order chi connectivity index (χ0) is 14.3. The summed E-state index contributed by atoms with van der Waals surface area (Å²) in [6.45, 7) is 9.14. The van der Waals surface area contributed by atoms with Crippen molar-refractivity contribution in [3.63, 3.8) is 0 Å². The zero-order valence-corrected chi connectivity index (χ0v) is 12.5. The van der Waals surface area contributed by atoms with Gasteiger partial charge in [0.1, 0.15) is 5.41 Å². The van der Waals surface area contributed by atoms with Crippen LogP contribution in [0.2, 0.25) is 0 Å². The smallest absolute Gasteiger partial charge is 0.243 e. The van der Waals surface area contributed by atoms with E-state index in [0.29, 0.717) is 25.9 Å². The van der Waals surface area contributed by atoms with Gasteiger partial charge in [0.2, 0.25) is 5.91 Å². The van der Waals surface area contributed by atoms with Gasteiger partial charge in [-0.25, -0.2) is 0 Å². The molecule has 1 saturated heterocycles. The SMILES string of the molecule is CC1(C)CN(C(=O)C2(C#N)CCCC2)CC(C)(C)O1. The molecule has 2 fully saturated rings. The number of carbonyl (C=O) groups excluding carboxylic acids is 1. The fraction of sp³-hybridized carbons (Fsp3) is 0.867. The number of ether oxygens (including phenoxy) is 1. The molecule has 0 radical (unpaired) electrons. The molecule has 1 amide bonds. The van der Waals surface area contributed by atoms with Crippen molar-refractivity contribution in [1.82, 2.24) is 4.90 Å². The first-order valence-electron chi connectivity index (χ1n) is 7.11. The molecule has 4 heteroatoms. The Morgan fingerprint density at radius 3 is 2.00 bits per heavy atom. The van der Waals surface area contributed by atoms with Crippen LogP contribution in [0.5, 0.6) is 0 Å². The van der Waals surface area contributed by atoms with E-state index in [1.165, 1.54) is 0 Å². The van der Waals surface area contributed by atoms with Crippen LogP contribution in [0.3, 0.4) is 0 Å². The van der Waals surface area contributed by atoms with Gasteiger partial charge in [-0.2, -0.15) is 5.26 Å². The molecule has 0 unspecified atom stereocenters. The summed E-state index contributed by atoms with van der Waals surface area (Å²) < 4.78 is 5.99. The Labute approximate surface area is 115 Å². The first-order chi connectivity index (χ1) is 8.70. The molecular formula is C15H24N2O2. The third-order valence-electron chi connectivity index (χ3n) is 4.06. The molecule has 0 atom stereocenters. The van der Waals surface area contributed by atoms with E-state index in [9.17, 15) is 10.1 Å². The lowest BCUT2D eigenvalue weighted by molar-refractivity contribution is -0.191. The van der Waals surface area contributed by atoms with Gasteiger partial charge in [0, 0.05) is 13.1 Å². The van der Waals surface area contributed by atoms with Gasteiger partial charge in [-0.15, -0.1) is 0 Å². The number of amides is 1. The molecule has 0 N–H and O–H groups in total. The summed E-state index contributed by atoms with van der Waals surface area (Å²) in [4.78, 5) is 14.6. The Morgan fingerprint density at radius 2 is 1.58 bits per heavy atom. The van der Waals surface area contributed by atoms with Crippen LogP contribution in [0.4, 0.5) is 0 Å². The second-order valence-corrected chi connectivity index (χ2v) is 7.18. The largest absolute Gasteiger partial charge is 0.366 e. The number of morpholine rings is 1. The maximum Gasteiger partial charge on any atom is 0.243 e. The Balaban J connectivity index is 2.21. The predicted octanol–water partition coefficient (Wildman–Crippen LogP) is 2.49. The third kappa shape index (κ3) is 2.76. The second kappa shape index (κ2) is 4.49. The van der Waals surface area contributed by atoms with Crippen LogP contribution >= 0.6 is 0 Å². The highest BCUT2D eigenvalue weighted by Gasteiger charge is 2.48. The highest BCUT2D eigenvalue weighted by Crippen LogP contribution is 2.41. The average molecular weight is 264 g/mol. The van der Waals surface area contributed by atoms with Gasteiger partial charge in [0.15, 0.2) is 0 Å². The van der Waals surface area contributed by atoms with Crippen LogP contribution in [0.25, 0.3) is 0 Å². The summed E-state index contributed by atoms with van der Waals surface area (Å²) >= 11 is 0. The molecule has 106 valence electrons. The summed E-state index contributed by atoms with van der Waals surface area (Å²) in [6.07, 6.45) is 3.38. The van der Waals surface area contributed by atoms with Gasteiger partial charge >= 0.3 is 0 Å². The lowest BCUT2D eigenvalue weighted by Gasteiger charge is -2.48. The van der Waals surface area contributed by atoms with Gasteiger partial charge in [-0.05, 0) is 40.5 Å². The van der Waals surface area contributed by atoms with E-state index in [0.717, 1.165) is 12.8 Å². The normalized spacial score (nSPS) is 27.8. The number of carbonyl (C=O) groups is 1. The number of nitrogens with zero attached hydrogens (tertiary/aromatic N) is 2. The van der Waals surface area contributed by atoms with Crippen molar-refractivity contribution in [2.24, 2.45) is 5.41 Å². The molecule has 0 aromatic carbocycles. The van der Waals surface area contributed by atoms with Crippen LogP contribution in [-0.2, 0) is 9.53 Å². The van der Waals surface area contributed by atoms with E-state index < -0.39 is 5.41 Å². The van der Waals surface area contributed by atoms with Gasteiger partial charge in [0.05, 0.1) is 17.3 Å². The van der Waals surface area contributed by atoms with E-state index in [2.05, 4.69) is 6.07 Å². The standard InChI is InChI=1S/C15H24N2O2/c1-13(2)10-17(11-14(3,4)19-13)12(18)15(9-16)7-5-6-8-15/h5-8,10-11H2,1-4H3. The van der Waals surface area contributed by atoms with Gasteiger partial charge in [-0.3, -0.25) is 4.79 Å². The minimum absolute atomic E-state index is 0.0111. The van der Waals surface area contributed by atoms with E-state index in [4.69, 9.17) is 4.74 Å². The maximum atomic E-state index is 12.8. The van der Waals surface area contributed by atoms with Crippen LogP contribution in [0.1, 0.15) is 53.4 Å². The molecule has 0 bridgehead atoms. The molecule has 1 aliphatic heterocycles. The van der Waals surface area contributed by atoms with Gasteiger partial charge < -0.3 is 9.64 Å². The van der Waals surface area contributed by atoms with Crippen molar-refractivity contribution in [1.29, 1.82) is 5.26 Å². The fourth-order valence-electron chi connectivity index (χ4n) is 3.59.